The third-order valence-corrected chi connectivity index (χ3v) is 2.74. The summed E-state index contributed by atoms with van der Waals surface area (Å²) >= 11 is 0. The third kappa shape index (κ3) is 1.84. The Hall–Kier alpha value is -0.610. The van der Waals surface area contributed by atoms with Gasteiger partial charge in [-0.1, -0.05) is 0 Å². The van der Waals surface area contributed by atoms with Crippen molar-refractivity contribution in [2.45, 2.75) is 31.4 Å². The van der Waals surface area contributed by atoms with Crippen LogP contribution in [0, 0.1) is 0 Å². The number of carbonyl (C=O) groups excluding carboxylic acids is 1. The zero-order valence-electron chi connectivity index (χ0n) is 7.74. The number of carbonyl (C=O) groups is 1. The van der Waals surface area contributed by atoms with E-state index in [0.717, 1.165) is 32.4 Å². The predicted octanol–water partition coefficient (Wildman–Crippen LogP) is -0.275. The Balaban J connectivity index is 1.89. The molecule has 0 aromatic rings. The number of nitrogens with two attached hydrogens (primary N) is 1. The molecule has 0 bridgehead atoms. The SMILES string of the molecule is NC1CCN(C(=O)C2CCCO2)C1. The highest BCUT2D eigenvalue weighted by Gasteiger charge is 2.31. The van der Waals surface area contributed by atoms with Crippen LogP contribution in [0.3, 0.4) is 0 Å². The molecule has 2 aliphatic heterocycles. The van der Waals surface area contributed by atoms with Crippen molar-refractivity contribution in [3.63, 3.8) is 0 Å². The Kier molecular flexibility index (Phi) is 2.51. The van der Waals surface area contributed by atoms with Crippen LogP contribution < -0.4 is 5.73 Å². The molecular weight excluding hydrogens is 168 g/mol. The molecule has 0 aromatic carbocycles. The maximum absolute atomic E-state index is 11.7. The van der Waals surface area contributed by atoms with Crippen molar-refractivity contribution >= 4 is 5.91 Å². The van der Waals surface area contributed by atoms with Gasteiger partial charge >= 0.3 is 0 Å². The van der Waals surface area contributed by atoms with Gasteiger partial charge in [0, 0.05) is 25.7 Å². The lowest BCUT2D eigenvalue weighted by Crippen LogP contribution is -2.38. The second-order valence-corrected chi connectivity index (χ2v) is 3.83. The first-order valence-corrected chi connectivity index (χ1v) is 4.93. The summed E-state index contributed by atoms with van der Waals surface area (Å²) in [7, 11) is 0. The van der Waals surface area contributed by atoms with Crippen molar-refractivity contribution in [2.24, 2.45) is 5.73 Å². The lowest BCUT2D eigenvalue weighted by atomic mass is 10.2. The second kappa shape index (κ2) is 3.64. The van der Waals surface area contributed by atoms with Crippen LogP contribution in [-0.4, -0.2) is 42.6 Å². The van der Waals surface area contributed by atoms with Gasteiger partial charge in [-0.05, 0) is 19.3 Å². The number of hydrogen-bond acceptors (Lipinski definition) is 3. The number of nitrogens with zero attached hydrogens (tertiary/aromatic N) is 1. The van der Waals surface area contributed by atoms with Crippen molar-refractivity contribution in [1.29, 1.82) is 0 Å². The van der Waals surface area contributed by atoms with Gasteiger partial charge in [0.15, 0.2) is 0 Å². The van der Waals surface area contributed by atoms with E-state index < -0.39 is 0 Å². The monoisotopic (exact) mass is 184 g/mol. The molecule has 0 radical (unpaired) electrons. The van der Waals surface area contributed by atoms with Gasteiger partial charge in [0.1, 0.15) is 6.10 Å². The van der Waals surface area contributed by atoms with Gasteiger partial charge in [-0.25, -0.2) is 0 Å². The molecule has 2 aliphatic rings. The molecule has 2 unspecified atom stereocenters. The highest BCUT2D eigenvalue weighted by molar-refractivity contribution is 5.81. The lowest BCUT2D eigenvalue weighted by Gasteiger charge is -2.19. The predicted molar refractivity (Wildman–Crippen MR) is 48.1 cm³/mol. The summed E-state index contributed by atoms with van der Waals surface area (Å²) in [4.78, 5) is 13.6. The summed E-state index contributed by atoms with van der Waals surface area (Å²) in [5.41, 5.74) is 5.73. The first-order chi connectivity index (χ1) is 6.27. The van der Waals surface area contributed by atoms with E-state index in [0.29, 0.717) is 6.54 Å². The van der Waals surface area contributed by atoms with E-state index in [1.165, 1.54) is 0 Å². The van der Waals surface area contributed by atoms with Crippen LogP contribution in [0.25, 0.3) is 0 Å². The molecule has 2 atom stereocenters. The molecule has 1 amide bonds. The lowest BCUT2D eigenvalue weighted by molar-refractivity contribution is -0.139. The van der Waals surface area contributed by atoms with E-state index >= 15 is 0 Å². The molecule has 4 heteroatoms. The Morgan fingerprint density at radius 1 is 1.46 bits per heavy atom. The maximum atomic E-state index is 11.7. The number of likely N-dealkylation sites (tertiary alicyclic amines) is 1. The molecule has 0 spiro atoms. The Bertz CT molecular complexity index is 202. The summed E-state index contributed by atoms with van der Waals surface area (Å²) in [5.74, 6) is 0.144. The largest absolute Gasteiger partial charge is 0.368 e. The van der Waals surface area contributed by atoms with Crippen LogP contribution in [0.15, 0.2) is 0 Å². The maximum Gasteiger partial charge on any atom is 0.251 e. The van der Waals surface area contributed by atoms with E-state index in [-0.39, 0.29) is 18.1 Å². The van der Waals surface area contributed by atoms with E-state index in [1.54, 1.807) is 0 Å². The fraction of sp³-hybridized carbons (Fsp3) is 0.889. The minimum absolute atomic E-state index is 0.144. The molecule has 13 heavy (non-hydrogen) atoms. The zero-order chi connectivity index (χ0) is 9.26. The van der Waals surface area contributed by atoms with Gasteiger partial charge in [-0.2, -0.15) is 0 Å². The second-order valence-electron chi connectivity index (χ2n) is 3.83. The number of amides is 1. The van der Waals surface area contributed by atoms with Crippen molar-refractivity contribution in [1.82, 2.24) is 4.90 Å². The van der Waals surface area contributed by atoms with E-state index in [2.05, 4.69) is 0 Å². The Morgan fingerprint density at radius 2 is 2.31 bits per heavy atom. The van der Waals surface area contributed by atoms with Gasteiger partial charge in [0.25, 0.3) is 5.91 Å². The first kappa shape index (κ1) is 8.97. The van der Waals surface area contributed by atoms with Crippen molar-refractivity contribution in [3.05, 3.63) is 0 Å². The summed E-state index contributed by atoms with van der Waals surface area (Å²) in [6.45, 7) is 2.24. The summed E-state index contributed by atoms with van der Waals surface area (Å²) < 4.78 is 5.33. The topological polar surface area (TPSA) is 55.6 Å². The van der Waals surface area contributed by atoms with Gasteiger partial charge in [0.2, 0.25) is 0 Å². The minimum Gasteiger partial charge on any atom is -0.368 e. The number of rotatable bonds is 1. The highest BCUT2D eigenvalue weighted by Crippen LogP contribution is 2.17. The first-order valence-electron chi connectivity index (χ1n) is 4.93. The van der Waals surface area contributed by atoms with E-state index in [1.807, 2.05) is 4.90 Å². The van der Waals surface area contributed by atoms with Crippen LogP contribution in [0.1, 0.15) is 19.3 Å². The van der Waals surface area contributed by atoms with E-state index in [9.17, 15) is 4.79 Å². The third-order valence-electron chi connectivity index (χ3n) is 2.74. The molecule has 2 rings (SSSR count). The molecule has 0 aromatic heterocycles. The minimum atomic E-state index is -0.176. The quantitative estimate of drug-likeness (QED) is 0.610. The van der Waals surface area contributed by atoms with E-state index in [4.69, 9.17) is 10.5 Å². The molecule has 2 saturated heterocycles. The van der Waals surface area contributed by atoms with Crippen LogP contribution in [-0.2, 0) is 9.53 Å². The molecular formula is C9H16N2O2. The number of hydrogen-bond donors (Lipinski definition) is 1. The van der Waals surface area contributed by atoms with Gasteiger partial charge in [0.05, 0.1) is 0 Å². The molecule has 74 valence electrons. The molecule has 0 saturated carbocycles. The normalized spacial score (nSPS) is 34.1. The zero-order valence-corrected chi connectivity index (χ0v) is 7.74. The van der Waals surface area contributed by atoms with Crippen LogP contribution in [0.2, 0.25) is 0 Å². The summed E-state index contributed by atoms with van der Waals surface area (Å²) in [6, 6.07) is 0.172. The average molecular weight is 184 g/mol. The summed E-state index contributed by atoms with van der Waals surface area (Å²) in [5, 5.41) is 0. The summed E-state index contributed by atoms with van der Waals surface area (Å²) in [6.07, 6.45) is 2.64. The standard InChI is InChI=1S/C9H16N2O2/c10-7-3-4-11(6-7)9(12)8-2-1-5-13-8/h7-8H,1-6,10H2. The molecule has 2 heterocycles. The number of ether oxygens (including phenoxy) is 1. The van der Waals surface area contributed by atoms with Crippen LogP contribution >= 0.6 is 0 Å². The Labute approximate surface area is 78.0 Å². The molecule has 2 N–H and O–H groups in total. The van der Waals surface area contributed by atoms with Crippen LogP contribution in [0.4, 0.5) is 0 Å². The average Bonchev–Trinajstić information content (AvgIpc) is 2.72. The van der Waals surface area contributed by atoms with Gasteiger partial charge in [-0.15, -0.1) is 0 Å². The molecule has 2 fully saturated rings. The van der Waals surface area contributed by atoms with Crippen molar-refractivity contribution in [2.75, 3.05) is 19.7 Å². The fourth-order valence-corrected chi connectivity index (χ4v) is 1.96. The fourth-order valence-electron chi connectivity index (χ4n) is 1.96. The van der Waals surface area contributed by atoms with Crippen LogP contribution in [0.5, 0.6) is 0 Å². The molecule has 4 nitrogen and oxygen atoms in total. The van der Waals surface area contributed by atoms with Crippen molar-refractivity contribution in [3.8, 4) is 0 Å². The smallest absolute Gasteiger partial charge is 0.251 e. The Morgan fingerprint density at radius 3 is 2.85 bits per heavy atom. The van der Waals surface area contributed by atoms with Gasteiger partial charge < -0.3 is 15.4 Å². The highest BCUT2D eigenvalue weighted by atomic mass is 16.5. The van der Waals surface area contributed by atoms with Crippen molar-refractivity contribution < 1.29 is 9.53 Å². The van der Waals surface area contributed by atoms with Gasteiger partial charge in [-0.3, -0.25) is 4.79 Å². The molecule has 0 aliphatic carbocycles.